The predicted octanol–water partition coefficient (Wildman–Crippen LogP) is 4.19. The number of amides is 1. The van der Waals surface area contributed by atoms with Crippen molar-refractivity contribution in [3.63, 3.8) is 0 Å². The molecule has 1 amide bonds. The molecule has 3 rings (SSSR count). The van der Waals surface area contributed by atoms with E-state index in [0.29, 0.717) is 28.7 Å². The minimum atomic E-state index is -0.0630. The molecular weight excluding hydrogens is 293 g/mol. The van der Waals surface area contributed by atoms with Crippen molar-refractivity contribution in [2.45, 2.75) is 13.0 Å². The maximum absolute atomic E-state index is 12.6. The Bertz CT molecular complexity index is 669. The molecule has 20 heavy (non-hydrogen) atoms. The van der Waals surface area contributed by atoms with Crippen molar-refractivity contribution in [2.75, 3.05) is 6.54 Å². The van der Waals surface area contributed by atoms with Crippen LogP contribution in [0.3, 0.4) is 0 Å². The van der Waals surface area contributed by atoms with Crippen LogP contribution in [0.2, 0.25) is 10.0 Å². The Morgan fingerprint density at radius 1 is 1.05 bits per heavy atom. The fourth-order valence-corrected chi connectivity index (χ4v) is 2.87. The standard InChI is InChI=1S/C16H13Cl2NO/c17-13-5-6-15(18)14(9-13)16(20)19-8-7-11-3-1-2-4-12(11)10-19/h1-6,9H,7-8,10H2. The van der Waals surface area contributed by atoms with Crippen LogP contribution in [-0.4, -0.2) is 17.4 Å². The summed E-state index contributed by atoms with van der Waals surface area (Å²) < 4.78 is 0. The Hall–Kier alpha value is -1.51. The Kier molecular flexibility index (Phi) is 3.68. The Labute approximate surface area is 127 Å². The van der Waals surface area contributed by atoms with Gasteiger partial charge in [-0.2, -0.15) is 0 Å². The molecule has 0 unspecified atom stereocenters. The van der Waals surface area contributed by atoms with Crippen molar-refractivity contribution >= 4 is 29.1 Å². The molecule has 4 heteroatoms. The Morgan fingerprint density at radius 2 is 1.80 bits per heavy atom. The van der Waals surface area contributed by atoms with Gasteiger partial charge >= 0.3 is 0 Å². The highest BCUT2D eigenvalue weighted by Gasteiger charge is 2.23. The van der Waals surface area contributed by atoms with Crippen LogP contribution in [0, 0.1) is 0 Å². The summed E-state index contributed by atoms with van der Waals surface area (Å²) in [5.41, 5.74) is 2.98. The van der Waals surface area contributed by atoms with Crippen LogP contribution >= 0.6 is 23.2 Å². The quantitative estimate of drug-likeness (QED) is 0.773. The van der Waals surface area contributed by atoms with E-state index in [1.54, 1.807) is 18.2 Å². The maximum Gasteiger partial charge on any atom is 0.255 e. The highest BCUT2D eigenvalue weighted by molar-refractivity contribution is 6.35. The van der Waals surface area contributed by atoms with Crippen LogP contribution in [0.1, 0.15) is 21.5 Å². The van der Waals surface area contributed by atoms with Crippen LogP contribution in [0.15, 0.2) is 42.5 Å². The molecular formula is C16H13Cl2NO. The first kappa shape index (κ1) is 13.5. The summed E-state index contributed by atoms with van der Waals surface area (Å²) >= 11 is 12.1. The van der Waals surface area contributed by atoms with Gasteiger partial charge in [0.2, 0.25) is 0 Å². The lowest BCUT2D eigenvalue weighted by atomic mass is 9.99. The van der Waals surface area contributed by atoms with Gasteiger partial charge in [-0.25, -0.2) is 0 Å². The zero-order valence-corrected chi connectivity index (χ0v) is 12.3. The lowest BCUT2D eigenvalue weighted by Gasteiger charge is -2.29. The number of hydrogen-bond acceptors (Lipinski definition) is 1. The summed E-state index contributed by atoms with van der Waals surface area (Å²) in [7, 11) is 0. The molecule has 1 heterocycles. The Balaban J connectivity index is 1.88. The zero-order valence-electron chi connectivity index (χ0n) is 10.8. The number of halogens is 2. The van der Waals surface area contributed by atoms with E-state index in [4.69, 9.17) is 23.2 Å². The summed E-state index contributed by atoms with van der Waals surface area (Å²) in [5, 5.41) is 0.966. The smallest absolute Gasteiger partial charge is 0.255 e. The fourth-order valence-electron chi connectivity index (χ4n) is 2.50. The first-order chi connectivity index (χ1) is 9.65. The molecule has 0 saturated carbocycles. The number of fused-ring (bicyclic) bond motifs is 1. The molecule has 2 aromatic rings. The number of carbonyl (C=O) groups is 1. The van der Waals surface area contributed by atoms with Gasteiger partial charge in [0.05, 0.1) is 10.6 Å². The normalized spacial score (nSPS) is 14.0. The number of benzene rings is 2. The molecule has 2 nitrogen and oxygen atoms in total. The summed E-state index contributed by atoms with van der Waals surface area (Å²) in [6.45, 7) is 1.33. The van der Waals surface area contributed by atoms with Crippen LogP contribution in [0.4, 0.5) is 0 Å². The van der Waals surface area contributed by atoms with Gasteiger partial charge in [-0.1, -0.05) is 47.5 Å². The van der Waals surface area contributed by atoms with Gasteiger partial charge in [0.1, 0.15) is 0 Å². The highest BCUT2D eigenvalue weighted by Crippen LogP contribution is 2.25. The minimum absolute atomic E-state index is 0.0630. The van der Waals surface area contributed by atoms with E-state index in [1.807, 2.05) is 17.0 Å². The maximum atomic E-state index is 12.6. The third-order valence-electron chi connectivity index (χ3n) is 3.58. The second-order valence-electron chi connectivity index (χ2n) is 4.87. The van der Waals surface area contributed by atoms with Gasteiger partial charge in [0.25, 0.3) is 5.91 Å². The van der Waals surface area contributed by atoms with Crippen molar-refractivity contribution in [2.24, 2.45) is 0 Å². The molecule has 1 aliphatic heterocycles. The monoisotopic (exact) mass is 305 g/mol. The average Bonchev–Trinajstić information content (AvgIpc) is 2.48. The van der Waals surface area contributed by atoms with E-state index in [-0.39, 0.29) is 5.91 Å². The van der Waals surface area contributed by atoms with Gasteiger partial charge < -0.3 is 4.90 Å². The van der Waals surface area contributed by atoms with Crippen LogP contribution in [0.25, 0.3) is 0 Å². The molecule has 2 aromatic carbocycles. The molecule has 102 valence electrons. The van der Waals surface area contributed by atoms with E-state index in [9.17, 15) is 4.79 Å². The summed E-state index contributed by atoms with van der Waals surface area (Å²) in [6.07, 6.45) is 0.875. The summed E-state index contributed by atoms with van der Waals surface area (Å²) in [4.78, 5) is 14.4. The average molecular weight is 306 g/mol. The number of hydrogen-bond donors (Lipinski definition) is 0. The highest BCUT2D eigenvalue weighted by atomic mass is 35.5. The molecule has 0 radical (unpaired) electrons. The second kappa shape index (κ2) is 5.47. The van der Waals surface area contributed by atoms with Crippen molar-refractivity contribution in [3.8, 4) is 0 Å². The largest absolute Gasteiger partial charge is 0.334 e. The third-order valence-corrected chi connectivity index (χ3v) is 4.14. The first-order valence-electron chi connectivity index (χ1n) is 6.46. The van der Waals surface area contributed by atoms with Crippen LogP contribution in [-0.2, 0) is 13.0 Å². The molecule has 0 atom stereocenters. The molecule has 0 spiro atoms. The minimum Gasteiger partial charge on any atom is -0.334 e. The Morgan fingerprint density at radius 3 is 2.60 bits per heavy atom. The molecule has 0 bridgehead atoms. The summed E-state index contributed by atoms with van der Waals surface area (Å²) in [6, 6.07) is 13.2. The molecule has 0 aromatic heterocycles. The van der Waals surface area contributed by atoms with E-state index in [2.05, 4.69) is 12.1 Å². The molecule has 1 aliphatic rings. The van der Waals surface area contributed by atoms with Gasteiger partial charge in [-0.3, -0.25) is 4.79 Å². The predicted molar refractivity (Wildman–Crippen MR) is 81.3 cm³/mol. The van der Waals surface area contributed by atoms with E-state index >= 15 is 0 Å². The zero-order chi connectivity index (χ0) is 14.1. The van der Waals surface area contributed by atoms with E-state index in [0.717, 1.165) is 6.42 Å². The molecule has 0 saturated heterocycles. The third kappa shape index (κ3) is 2.54. The lowest BCUT2D eigenvalue weighted by molar-refractivity contribution is 0.0735. The van der Waals surface area contributed by atoms with Gasteiger partial charge in [-0.05, 0) is 35.7 Å². The van der Waals surface area contributed by atoms with Crippen molar-refractivity contribution in [1.82, 2.24) is 4.90 Å². The van der Waals surface area contributed by atoms with Gasteiger partial charge in [-0.15, -0.1) is 0 Å². The second-order valence-corrected chi connectivity index (χ2v) is 5.71. The van der Waals surface area contributed by atoms with Gasteiger partial charge in [0.15, 0.2) is 0 Å². The first-order valence-corrected chi connectivity index (χ1v) is 7.22. The van der Waals surface area contributed by atoms with Crippen molar-refractivity contribution in [3.05, 3.63) is 69.2 Å². The van der Waals surface area contributed by atoms with E-state index < -0.39 is 0 Å². The number of rotatable bonds is 1. The van der Waals surface area contributed by atoms with Crippen molar-refractivity contribution < 1.29 is 4.79 Å². The molecule has 0 aliphatic carbocycles. The van der Waals surface area contributed by atoms with Gasteiger partial charge in [0, 0.05) is 18.1 Å². The number of carbonyl (C=O) groups excluding carboxylic acids is 1. The fraction of sp³-hybridized carbons (Fsp3) is 0.188. The lowest BCUT2D eigenvalue weighted by Crippen LogP contribution is -2.36. The van der Waals surface area contributed by atoms with Crippen LogP contribution < -0.4 is 0 Å². The SMILES string of the molecule is O=C(c1cc(Cl)ccc1Cl)N1CCc2ccccc2C1. The van der Waals surface area contributed by atoms with Crippen molar-refractivity contribution in [1.29, 1.82) is 0 Å². The van der Waals surface area contributed by atoms with Crippen LogP contribution in [0.5, 0.6) is 0 Å². The number of nitrogens with zero attached hydrogens (tertiary/aromatic N) is 1. The summed E-state index contributed by atoms with van der Waals surface area (Å²) in [5.74, 6) is -0.0630. The molecule has 0 fully saturated rings. The topological polar surface area (TPSA) is 20.3 Å². The van der Waals surface area contributed by atoms with E-state index in [1.165, 1.54) is 11.1 Å². The molecule has 0 N–H and O–H groups in total.